The van der Waals surface area contributed by atoms with Gasteiger partial charge < -0.3 is 9.84 Å². The zero-order valence-electron chi connectivity index (χ0n) is 13.8. The summed E-state index contributed by atoms with van der Waals surface area (Å²) < 4.78 is 4.97. The second-order valence-electron chi connectivity index (χ2n) is 5.02. The zero-order chi connectivity index (χ0) is 18.4. The van der Waals surface area contributed by atoms with Gasteiger partial charge in [0.2, 0.25) is 0 Å². The Balaban J connectivity index is 2.29. The Morgan fingerprint density at radius 3 is 2.44 bits per heavy atom. The van der Waals surface area contributed by atoms with Crippen LogP contribution in [0, 0.1) is 10.1 Å². The van der Waals surface area contributed by atoms with E-state index < -0.39 is 10.9 Å². The van der Waals surface area contributed by atoms with Crippen molar-refractivity contribution in [3.8, 4) is 5.75 Å². The summed E-state index contributed by atoms with van der Waals surface area (Å²) in [5, 5.41) is 20.8. The van der Waals surface area contributed by atoms with Crippen molar-refractivity contribution in [3.63, 3.8) is 0 Å². The van der Waals surface area contributed by atoms with E-state index in [1.54, 1.807) is 43.5 Å². The molecule has 2 aromatic rings. The van der Waals surface area contributed by atoms with Gasteiger partial charge in [0.05, 0.1) is 11.5 Å². The van der Waals surface area contributed by atoms with Crippen LogP contribution in [0.4, 0.5) is 5.69 Å². The van der Waals surface area contributed by atoms with Crippen LogP contribution in [0.2, 0.25) is 0 Å². The Morgan fingerprint density at radius 2 is 1.88 bits per heavy atom. The number of nitro groups is 1. The molecule has 0 saturated heterocycles. The minimum Gasteiger partial charge on any atom is -0.507 e. The number of thioether (sulfide) groups is 1. The molecule has 1 N–H and O–H groups in total. The van der Waals surface area contributed by atoms with Crippen LogP contribution in [0.15, 0.2) is 41.3 Å². The maximum Gasteiger partial charge on any atom is 0.343 e. The first-order valence-corrected chi connectivity index (χ1v) is 8.69. The lowest BCUT2D eigenvalue weighted by atomic mass is 10.1. The van der Waals surface area contributed by atoms with Gasteiger partial charge in [0.1, 0.15) is 11.3 Å². The van der Waals surface area contributed by atoms with E-state index in [4.69, 9.17) is 4.74 Å². The fourth-order valence-electron chi connectivity index (χ4n) is 2.19. The molecule has 6 nitrogen and oxygen atoms in total. The second kappa shape index (κ2) is 8.34. The standard InChI is InChI=1S/C18H17NO5S/c1-3-24-18(21)17-15(20)10-13(11-16(17)25-2)5-4-12-6-8-14(9-7-12)19(22)23/h4-11,20H,3H2,1-2H3/b5-4+. The molecule has 0 aromatic heterocycles. The van der Waals surface area contributed by atoms with Crippen LogP contribution in [0.3, 0.4) is 0 Å². The number of rotatable bonds is 6. The molecular weight excluding hydrogens is 342 g/mol. The first-order chi connectivity index (χ1) is 12.0. The molecule has 0 bridgehead atoms. The van der Waals surface area contributed by atoms with Crippen LogP contribution in [-0.2, 0) is 4.74 Å². The van der Waals surface area contributed by atoms with E-state index in [1.807, 2.05) is 0 Å². The van der Waals surface area contributed by atoms with E-state index >= 15 is 0 Å². The van der Waals surface area contributed by atoms with Crippen LogP contribution in [0.25, 0.3) is 12.2 Å². The van der Waals surface area contributed by atoms with Gasteiger partial charge >= 0.3 is 5.97 Å². The number of phenolic OH excluding ortho intramolecular Hbond substituents is 1. The highest BCUT2D eigenvalue weighted by Crippen LogP contribution is 2.31. The summed E-state index contributed by atoms with van der Waals surface area (Å²) in [6, 6.07) is 9.38. The smallest absolute Gasteiger partial charge is 0.343 e. The van der Waals surface area contributed by atoms with Crippen molar-refractivity contribution in [2.45, 2.75) is 11.8 Å². The van der Waals surface area contributed by atoms with E-state index in [0.29, 0.717) is 10.5 Å². The van der Waals surface area contributed by atoms with Crippen LogP contribution >= 0.6 is 11.8 Å². The van der Waals surface area contributed by atoms with E-state index in [0.717, 1.165) is 5.56 Å². The average molecular weight is 359 g/mol. The monoisotopic (exact) mass is 359 g/mol. The van der Waals surface area contributed by atoms with Crippen molar-refractivity contribution in [2.24, 2.45) is 0 Å². The molecule has 0 aliphatic heterocycles. The number of aromatic hydroxyl groups is 1. The lowest BCUT2D eigenvalue weighted by Crippen LogP contribution is -2.06. The second-order valence-corrected chi connectivity index (χ2v) is 5.87. The molecular formula is C18H17NO5S. The Morgan fingerprint density at radius 1 is 1.24 bits per heavy atom. The highest BCUT2D eigenvalue weighted by Gasteiger charge is 2.18. The number of non-ortho nitro benzene ring substituents is 1. The minimum absolute atomic E-state index is 0.0262. The number of phenols is 1. The van der Waals surface area contributed by atoms with Gasteiger partial charge in [-0.25, -0.2) is 4.79 Å². The fraction of sp³-hybridized carbons (Fsp3) is 0.167. The number of hydrogen-bond acceptors (Lipinski definition) is 6. The quantitative estimate of drug-likeness (QED) is 0.271. The number of nitrogens with zero attached hydrogens (tertiary/aromatic N) is 1. The molecule has 130 valence electrons. The number of hydrogen-bond donors (Lipinski definition) is 1. The van der Waals surface area contributed by atoms with Crippen molar-refractivity contribution in [1.82, 2.24) is 0 Å². The number of esters is 1. The van der Waals surface area contributed by atoms with Crippen LogP contribution in [0.5, 0.6) is 5.75 Å². The van der Waals surface area contributed by atoms with Gasteiger partial charge in [-0.1, -0.05) is 12.2 Å². The van der Waals surface area contributed by atoms with Gasteiger partial charge in [-0.05, 0) is 48.6 Å². The van der Waals surface area contributed by atoms with Gasteiger partial charge in [0, 0.05) is 17.0 Å². The van der Waals surface area contributed by atoms with E-state index in [2.05, 4.69) is 0 Å². The first-order valence-electron chi connectivity index (χ1n) is 7.47. The summed E-state index contributed by atoms with van der Waals surface area (Å²) in [6.45, 7) is 1.93. The lowest BCUT2D eigenvalue weighted by molar-refractivity contribution is -0.384. The molecule has 2 aromatic carbocycles. The topological polar surface area (TPSA) is 89.7 Å². The molecule has 0 fully saturated rings. The van der Waals surface area contributed by atoms with E-state index in [-0.39, 0.29) is 23.6 Å². The summed E-state index contributed by atoms with van der Waals surface area (Å²) in [5.74, 6) is -0.705. The lowest BCUT2D eigenvalue weighted by Gasteiger charge is -2.10. The Labute approximate surface area is 149 Å². The molecule has 0 atom stereocenters. The number of benzene rings is 2. The van der Waals surface area contributed by atoms with Gasteiger partial charge in [-0.2, -0.15) is 0 Å². The van der Waals surface area contributed by atoms with Gasteiger partial charge in [-0.3, -0.25) is 10.1 Å². The number of nitro benzene ring substituents is 1. The third kappa shape index (κ3) is 4.60. The van der Waals surface area contributed by atoms with Gasteiger partial charge in [-0.15, -0.1) is 11.8 Å². The number of carbonyl (C=O) groups is 1. The van der Waals surface area contributed by atoms with Gasteiger partial charge in [0.25, 0.3) is 5.69 Å². The molecule has 0 amide bonds. The van der Waals surface area contributed by atoms with Crippen LogP contribution in [0.1, 0.15) is 28.4 Å². The molecule has 0 heterocycles. The number of ether oxygens (including phenoxy) is 1. The van der Waals surface area contributed by atoms with Crippen molar-refractivity contribution in [1.29, 1.82) is 0 Å². The Kier molecular flexibility index (Phi) is 6.19. The Hall–Kier alpha value is -2.80. The molecule has 0 radical (unpaired) electrons. The molecule has 0 aliphatic rings. The first kappa shape index (κ1) is 18.5. The summed E-state index contributed by atoms with van der Waals surface area (Å²) in [4.78, 5) is 22.8. The summed E-state index contributed by atoms with van der Waals surface area (Å²) >= 11 is 1.34. The largest absolute Gasteiger partial charge is 0.507 e. The van der Waals surface area contributed by atoms with E-state index in [1.165, 1.54) is 30.0 Å². The highest BCUT2D eigenvalue weighted by molar-refractivity contribution is 7.98. The van der Waals surface area contributed by atoms with Crippen LogP contribution < -0.4 is 0 Å². The Bertz CT molecular complexity index is 815. The maximum absolute atomic E-state index is 12.0. The van der Waals surface area contributed by atoms with Gasteiger partial charge in [0.15, 0.2) is 0 Å². The number of carbonyl (C=O) groups excluding carboxylic acids is 1. The van der Waals surface area contributed by atoms with E-state index in [9.17, 15) is 20.0 Å². The van der Waals surface area contributed by atoms with Crippen LogP contribution in [-0.4, -0.2) is 28.9 Å². The SMILES string of the molecule is CCOC(=O)c1c(O)cc(/C=C/c2ccc([N+](=O)[O-])cc2)cc1SC. The normalized spacial score (nSPS) is 10.8. The molecule has 0 saturated carbocycles. The zero-order valence-corrected chi connectivity index (χ0v) is 14.6. The van der Waals surface area contributed by atoms with Crippen molar-refractivity contribution < 1.29 is 19.6 Å². The van der Waals surface area contributed by atoms with Crippen molar-refractivity contribution in [2.75, 3.05) is 12.9 Å². The van der Waals surface area contributed by atoms with Crippen molar-refractivity contribution >= 4 is 35.6 Å². The molecule has 0 aliphatic carbocycles. The third-order valence-electron chi connectivity index (χ3n) is 3.38. The fourth-order valence-corrected chi connectivity index (χ4v) is 2.83. The summed E-state index contributed by atoms with van der Waals surface area (Å²) in [6.07, 6.45) is 5.34. The molecule has 25 heavy (non-hydrogen) atoms. The maximum atomic E-state index is 12.0. The predicted molar refractivity (Wildman–Crippen MR) is 97.9 cm³/mol. The molecule has 2 rings (SSSR count). The summed E-state index contributed by atoms with van der Waals surface area (Å²) in [7, 11) is 0. The minimum atomic E-state index is -0.560. The average Bonchev–Trinajstić information content (AvgIpc) is 2.59. The predicted octanol–water partition coefficient (Wildman–Crippen LogP) is 4.37. The third-order valence-corrected chi connectivity index (χ3v) is 4.14. The molecule has 7 heteroatoms. The summed E-state index contributed by atoms with van der Waals surface area (Å²) in [5.41, 5.74) is 1.67. The van der Waals surface area contributed by atoms with Crippen molar-refractivity contribution in [3.05, 3.63) is 63.2 Å². The highest BCUT2D eigenvalue weighted by atomic mass is 32.2. The molecule has 0 spiro atoms. The molecule has 0 unspecified atom stereocenters.